The van der Waals surface area contributed by atoms with Crippen LogP contribution in [0.15, 0.2) is 0 Å². The Morgan fingerprint density at radius 1 is 1.42 bits per heavy atom. The Balaban J connectivity index is 2.25. The van der Waals surface area contributed by atoms with Crippen LogP contribution in [0.1, 0.15) is 26.7 Å². The molecule has 0 bridgehead atoms. The van der Waals surface area contributed by atoms with E-state index in [9.17, 15) is 0 Å². The van der Waals surface area contributed by atoms with Gasteiger partial charge in [0.2, 0.25) is 0 Å². The molecule has 2 nitrogen and oxygen atoms in total. The van der Waals surface area contributed by atoms with E-state index in [4.69, 9.17) is 5.73 Å². The summed E-state index contributed by atoms with van der Waals surface area (Å²) in [6.07, 6.45) is 2.79. The second-order valence-electron chi connectivity index (χ2n) is 4.41. The normalized spacial score (nSPS) is 20.5. The first-order valence-corrected chi connectivity index (χ1v) is 5.05. The van der Waals surface area contributed by atoms with Crippen LogP contribution in [0.2, 0.25) is 0 Å². The van der Waals surface area contributed by atoms with Crippen molar-refractivity contribution in [2.24, 2.45) is 17.6 Å². The van der Waals surface area contributed by atoms with Crippen LogP contribution in [-0.4, -0.2) is 31.1 Å². The maximum absolute atomic E-state index is 5.72. The van der Waals surface area contributed by atoms with Crippen molar-refractivity contribution in [3.05, 3.63) is 0 Å². The molecule has 1 saturated carbocycles. The molecule has 0 heterocycles. The number of nitrogens with two attached hydrogens (primary N) is 1. The summed E-state index contributed by atoms with van der Waals surface area (Å²) in [6, 6.07) is 0.873. The maximum Gasteiger partial charge on any atom is 0.00934 e. The number of hydrogen-bond donors (Lipinski definition) is 1. The van der Waals surface area contributed by atoms with Gasteiger partial charge in [-0.3, -0.25) is 0 Å². The van der Waals surface area contributed by atoms with Gasteiger partial charge in [0.05, 0.1) is 0 Å². The van der Waals surface area contributed by atoms with Crippen LogP contribution in [0, 0.1) is 11.8 Å². The fourth-order valence-corrected chi connectivity index (χ4v) is 1.59. The monoisotopic (exact) mass is 170 g/mol. The zero-order valence-corrected chi connectivity index (χ0v) is 8.59. The fourth-order valence-electron chi connectivity index (χ4n) is 1.59. The Kier molecular flexibility index (Phi) is 3.53. The van der Waals surface area contributed by atoms with Crippen molar-refractivity contribution in [1.82, 2.24) is 4.90 Å². The maximum atomic E-state index is 5.72. The molecule has 2 heteroatoms. The largest absolute Gasteiger partial charge is 0.330 e. The van der Waals surface area contributed by atoms with Crippen LogP contribution in [0.4, 0.5) is 0 Å². The molecule has 0 spiro atoms. The van der Waals surface area contributed by atoms with Crippen LogP contribution >= 0.6 is 0 Å². The van der Waals surface area contributed by atoms with Crippen LogP contribution in [0.5, 0.6) is 0 Å². The molecule has 0 aliphatic heterocycles. The quantitative estimate of drug-likeness (QED) is 0.674. The molecule has 1 fully saturated rings. The predicted molar refractivity (Wildman–Crippen MR) is 53.0 cm³/mol. The number of hydrogen-bond acceptors (Lipinski definition) is 2. The Hall–Kier alpha value is -0.0800. The van der Waals surface area contributed by atoms with Crippen LogP contribution in [-0.2, 0) is 0 Å². The zero-order valence-electron chi connectivity index (χ0n) is 8.59. The molecule has 12 heavy (non-hydrogen) atoms. The highest BCUT2D eigenvalue weighted by molar-refractivity contribution is 4.84. The first-order valence-electron chi connectivity index (χ1n) is 5.05. The van der Waals surface area contributed by atoms with Crippen molar-refractivity contribution in [3.8, 4) is 0 Å². The van der Waals surface area contributed by atoms with E-state index in [0.29, 0.717) is 5.92 Å². The number of rotatable bonds is 5. The molecule has 1 rings (SSSR count). The summed E-state index contributed by atoms with van der Waals surface area (Å²) >= 11 is 0. The van der Waals surface area contributed by atoms with E-state index in [2.05, 4.69) is 25.8 Å². The Morgan fingerprint density at radius 2 is 2.00 bits per heavy atom. The second kappa shape index (κ2) is 4.24. The van der Waals surface area contributed by atoms with E-state index in [1.54, 1.807) is 0 Å². The van der Waals surface area contributed by atoms with Gasteiger partial charge in [0.15, 0.2) is 0 Å². The Labute approximate surface area is 76.1 Å². The molecule has 0 aromatic rings. The van der Waals surface area contributed by atoms with Gasteiger partial charge in [-0.2, -0.15) is 0 Å². The average molecular weight is 170 g/mol. The van der Waals surface area contributed by atoms with Crippen LogP contribution in [0.25, 0.3) is 0 Å². The molecule has 1 aliphatic rings. The van der Waals surface area contributed by atoms with Gasteiger partial charge < -0.3 is 10.6 Å². The van der Waals surface area contributed by atoms with E-state index in [1.165, 1.54) is 19.4 Å². The van der Waals surface area contributed by atoms with Gasteiger partial charge in [0.1, 0.15) is 0 Å². The third-order valence-corrected chi connectivity index (χ3v) is 2.94. The Bertz CT molecular complexity index is 130. The third-order valence-electron chi connectivity index (χ3n) is 2.94. The molecule has 0 aromatic carbocycles. The van der Waals surface area contributed by atoms with Gasteiger partial charge in [-0.1, -0.05) is 13.8 Å². The topological polar surface area (TPSA) is 29.3 Å². The first-order chi connectivity index (χ1) is 5.65. The lowest BCUT2D eigenvalue weighted by atomic mass is 9.95. The standard InChI is InChI=1S/C10H22N2/c1-8(2)9(6-11)7-12(3)10-4-5-10/h8-10H,4-7,11H2,1-3H3. The average Bonchev–Trinajstić information content (AvgIpc) is 2.80. The highest BCUT2D eigenvalue weighted by atomic mass is 15.2. The minimum Gasteiger partial charge on any atom is -0.330 e. The lowest BCUT2D eigenvalue weighted by Crippen LogP contribution is -2.34. The molecule has 0 aromatic heterocycles. The Morgan fingerprint density at radius 3 is 2.33 bits per heavy atom. The SMILES string of the molecule is CC(C)C(CN)CN(C)C1CC1. The molecule has 0 radical (unpaired) electrons. The molecular weight excluding hydrogens is 148 g/mol. The summed E-state index contributed by atoms with van der Waals surface area (Å²) in [5, 5.41) is 0. The van der Waals surface area contributed by atoms with Gasteiger partial charge in [0, 0.05) is 12.6 Å². The zero-order chi connectivity index (χ0) is 9.14. The van der Waals surface area contributed by atoms with Crippen LogP contribution in [0.3, 0.4) is 0 Å². The summed E-state index contributed by atoms with van der Waals surface area (Å²) in [5.41, 5.74) is 5.72. The minimum atomic E-state index is 0.676. The van der Waals surface area contributed by atoms with Gasteiger partial charge in [-0.25, -0.2) is 0 Å². The molecule has 1 unspecified atom stereocenters. The first kappa shape index (κ1) is 10.0. The summed E-state index contributed by atoms with van der Waals surface area (Å²) in [4.78, 5) is 2.47. The smallest absolute Gasteiger partial charge is 0.00934 e. The highest BCUT2D eigenvalue weighted by Gasteiger charge is 2.27. The second-order valence-corrected chi connectivity index (χ2v) is 4.41. The van der Waals surface area contributed by atoms with E-state index >= 15 is 0 Å². The predicted octanol–water partition coefficient (Wildman–Crippen LogP) is 1.31. The molecule has 72 valence electrons. The molecule has 2 N–H and O–H groups in total. The van der Waals surface area contributed by atoms with Crippen molar-refractivity contribution in [1.29, 1.82) is 0 Å². The van der Waals surface area contributed by atoms with Crippen molar-refractivity contribution in [2.45, 2.75) is 32.7 Å². The van der Waals surface area contributed by atoms with Crippen LogP contribution < -0.4 is 5.73 Å². The van der Waals surface area contributed by atoms with Crippen molar-refractivity contribution in [3.63, 3.8) is 0 Å². The van der Waals surface area contributed by atoms with E-state index in [1.807, 2.05) is 0 Å². The summed E-state index contributed by atoms with van der Waals surface area (Å²) in [7, 11) is 2.22. The van der Waals surface area contributed by atoms with Crippen molar-refractivity contribution >= 4 is 0 Å². The fraction of sp³-hybridized carbons (Fsp3) is 1.00. The highest BCUT2D eigenvalue weighted by Crippen LogP contribution is 2.26. The molecule has 1 aliphatic carbocycles. The van der Waals surface area contributed by atoms with E-state index in [-0.39, 0.29) is 0 Å². The third kappa shape index (κ3) is 2.76. The summed E-state index contributed by atoms with van der Waals surface area (Å²) in [6.45, 7) is 6.53. The lowest BCUT2D eigenvalue weighted by Gasteiger charge is -2.25. The summed E-state index contributed by atoms with van der Waals surface area (Å²) in [5.74, 6) is 1.40. The van der Waals surface area contributed by atoms with Gasteiger partial charge >= 0.3 is 0 Å². The van der Waals surface area contributed by atoms with E-state index in [0.717, 1.165) is 18.5 Å². The lowest BCUT2D eigenvalue weighted by molar-refractivity contribution is 0.233. The van der Waals surface area contributed by atoms with Crippen molar-refractivity contribution < 1.29 is 0 Å². The molecular formula is C10H22N2. The minimum absolute atomic E-state index is 0.676. The van der Waals surface area contributed by atoms with Gasteiger partial charge in [-0.15, -0.1) is 0 Å². The van der Waals surface area contributed by atoms with Gasteiger partial charge in [0.25, 0.3) is 0 Å². The molecule has 0 amide bonds. The number of nitrogens with zero attached hydrogens (tertiary/aromatic N) is 1. The van der Waals surface area contributed by atoms with Crippen molar-refractivity contribution in [2.75, 3.05) is 20.1 Å². The van der Waals surface area contributed by atoms with Gasteiger partial charge in [-0.05, 0) is 38.3 Å². The molecule has 0 saturated heterocycles. The van der Waals surface area contributed by atoms with E-state index < -0.39 is 0 Å². The summed E-state index contributed by atoms with van der Waals surface area (Å²) < 4.78 is 0. The molecule has 1 atom stereocenters.